The van der Waals surface area contributed by atoms with Crippen LogP contribution in [0.4, 0.5) is 15.7 Å². The molecule has 4 rings (SSSR count). The summed E-state index contributed by atoms with van der Waals surface area (Å²) in [6.45, 7) is 10.7. The van der Waals surface area contributed by atoms with Gasteiger partial charge in [0.25, 0.3) is 0 Å². The number of nitrogens with one attached hydrogen (secondary N) is 2. The van der Waals surface area contributed by atoms with Crippen molar-refractivity contribution >= 4 is 40.1 Å². The number of ether oxygens (including phenoxy) is 1. The summed E-state index contributed by atoms with van der Waals surface area (Å²) in [6.07, 6.45) is 3.33. The first-order chi connectivity index (χ1) is 17.8. The third-order valence-electron chi connectivity index (χ3n) is 6.93. The van der Waals surface area contributed by atoms with Gasteiger partial charge in [0.05, 0.1) is 11.0 Å². The van der Waals surface area contributed by atoms with Crippen molar-refractivity contribution in [2.24, 2.45) is 0 Å². The van der Waals surface area contributed by atoms with E-state index in [2.05, 4.69) is 21.4 Å². The molecule has 0 radical (unpaired) electrons. The van der Waals surface area contributed by atoms with E-state index in [4.69, 9.17) is 15.9 Å². The summed E-state index contributed by atoms with van der Waals surface area (Å²) in [5.74, 6) is -0.0904. The Bertz CT molecular complexity index is 1310. The first-order valence-corrected chi connectivity index (χ1v) is 13.5. The predicted octanol–water partition coefficient (Wildman–Crippen LogP) is 3.17. The normalized spacial score (nSPS) is 21.3. The summed E-state index contributed by atoms with van der Waals surface area (Å²) in [5, 5.41) is 21.4. The fraction of sp³-hybridized carbons (Fsp3) is 0.538. The monoisotopic (exact) mass is 538 g/mol. The summed E-state index contributed by atoms with van der Waals surface area (Å²) in [4.78, 5) is 39.5. The second-order valence-corrected chi connectivity index (χ2v) is 12.1. The van der Waals surface area contributed by atoms with Crippen molar-refractivity contribution in [2.75, 3.05) is 30.3 Å². The zero-order chi connectivity index (χ0) is 27.8. The summed E-state index contributed by atoms with van der Waals surface area (Å²) in [6, 6.07) is 3.66. The Labute approximate surface area is 226 Å². The van der Waals surface area contributed by atoms with Crippen molar-refractivity contribution in [1.82, 2.24) is 20.2 Å². The molecule has 2 aromatic rings. The largest absolute Gasteiger partial charge is 0.444 e. The molecule has 0 unspecified atom stereocenters. The zero-order valence-corrected chi connectivity index (χ0v) is 23.2. The van der Waals surface area contributed by atoms with Crippen molar-refractivity contribution in [1.29, 1.82) is 10.7 Å². The molecule has 12 heteroatoms. The number of nitrogens with two attached hydrogens (primary N) is 1. The van der Waals surface area contributed by atoms with Crippen LogP contribution in [0.25, 0.3) is 0 Å². The second-order valence-electron chi connectivity index (χ2n) is 11.0. The molecule has 2 aliphatic rings. The SMILES string of the molecule is C[C@H]1CN(C(=O)OC(C)(C)C)CCN1c1nccc(C(=N)NC(=O)[C@@]2(C)CCCc3sc(N)c(C#N)c32)n1. The van der Waals surface area contributed by atoms with Crippen LogP contribution in [-0.4, -0.2) is 64.0 Å². The Morgan fingerprint density at radius 1 is 1.37 bits per heavy atom. The summed E-state index contributed by atoms with van der Waals surface area (Å²) < 4.78 is 5.49. The number of carbonyl (C=O) groups is 2. The zero-order valence-electron chi connectivity index (χ0n) is 22.4. The Balaban J connectivity index is 1.47. The Morgan fingerprint density at radius 3 is 2.76 bits per heavy atom. The number of aryl methyl sites for hydroxylation is 1. The molecule has 11 nitrogen and oxygen atoms in total. The summed E-state index contributed by atoms with van der Waals surface area (Å²) in [7, 11) is 0. The number of rotatable bonds is 3. The van der Waals surface area contributed by atoms with E-state index >= 15 is 0 Å². The number of nitriles is 1. The molecule has 202 valence electrons. The molecule has 4 N–H and O–H groups in total. The fourth-order valence-corrected chi connectivity index (χ4v) is 6.20. The lowest BCUT2D eigenvalue weighted by molar-refractivity contribution is -0.125. The quantitative estimate of drug-likeness (QED) is 0.396. The number of hydrogen-bond donors (Lipinski definition) is 3. The average Bonchev–Trinajstić information content (AvgIpc) is 3.19. The molecular formula is C26H34N8O3S. The number of anilines is 2. The third-order valence-corrected chi connectivity index (χ3v) is 8.01. The Morgan fingerprint density at radius 2 is 2.11 bits per heavy atom. The maximum atomic E-state index is 13.5. The second kappa shape index (κ2) is 10.2. The molecule has 2 aromatic heterocycles. The highest BCUT2D eigenvalue weighted by Crippen LogP contribution is 2.45. The minimum absolute atomic E-state index is 0.0803. The number of amides is 2. The van der Waals surface area contributed by atoms with Crippen LogP contribution in [0.15, 0.2) is 12.3 Å². The van der Waals surface area contributed by atoms with Gasteiger partial charge in [0.15, 0.2) is 5.84 Å². The highest BCUT2D eigenvalue weighted by molar-refractivity contribution is 7.16. The van der Waals surface area contributed by atoms with E-state index in [9.17, 15) is 14.9 Å². The molecule has 1 aliphatic heterocycles. The molecule has 1 saturated heterocycles. The Kier molecular flexibility index (Phi) is 7.34. The number of carbonyl (C=O) groups excluding carboxylic acids is 2. The van der Waals surface area contributed by atoms with E-state index in [0.29, 0.717) is 48.1 Å². The molecule has 0 aromatic carbocycles. The van der Waals surface area contributed by atoms with Gasteiger partial charge in [0, 0.05) is 42.3 Å². The van der Waals surface area contributed by atoms with E-state index < -0.39 is 11.0 Å². The molecule has 1 aliphatic carbocycles. The van der Waals surface area contributed by atoms with E-state index in [1.807, 2.05) is 32.6 Å². The minimum Gasteiger partial charge on any atom is -0.444 e. The van der Waals surface area contributed by atoms with Crippen LogP contribution < -0.4 is 16.0 Å². The lowest BCUT2D eigenvalue weighted by Gasteiger charge is -2.40. The van der Waals surface area contributed by atoms with Crippen LogP contribution >= 0.6 is 11.3 Å². The molecule has 0 bridgehead atoms. The van der Waals surface area contributed by atoms with E-state index in [-0.39, 0.29) is 29.6 Å². The topological polar surface area (TPSA) is 161 Å². The van der Waals surface area contributed by atoms with Crippen LogP contribution in [0.5, 0.6) is 0 Å². The van der Waals surface area contributed by atoms with Crippen molar-refractivity contribution in [3.05, 3.63) is 34.0 Å². The molecule has 0 spiro atoms. The molecule has 3 heterocycles. The van der Waals surface area contributed by atoms with Crippen LogP contribution in [0.2, 0.25) is 0 Å². The fourth-order valence-electron chi connectivity index (χ4n) is 5.01. The van der Waals surface area contributed by atoms with Crippen LogP contribution in [0.1, 0.15) is 69.2 Å². The highest BCUT2D eigenvalue weighted by atomic mass is 32.1. The molecular weight excluding hydrogens is 504 g/mol. The first-order valence-electron chi connectivity index (χ1n) is 12.6. The van der Waals surface area contributed by atoms with Crippen molar-refractivity contribution in [2.45, 2.75) is 70.9 Å². The lowest BCUT2D eigenvalue weighted by Crippen LogP contribution is -2.55. The van der Waals surface area contributed by atoms with Crippen LogP contribution in [0, 0.1) is 16.7 Å². The number of fused-ring (bicyclic) bond motifs is 1. The third kappa shape index (κ3) is 5.29. The van der Waals surface area contributed by atoms with Gasteiger partial charge in [-0.3, -0.25) is 10.2 Å². The predicted molar refractivity (Wildman–Crippen MR) is 145 cm³/mol. The number of amidine groups is 1. The van der Waals surface area contributed by atoms with E-state index in [1.165, 1.54) is 11.3 Å². The molecule has 1 fully saturated rings. The van der Waals surface area contributed by atoms with Crippen LogP contribution in [0.3, 0.4) is 0 Å². The van der Waals surface area contributed by atoms with E-state index in [0.717, 1.165) is 17.7 Å². The van der Waals surface area contributed by atoms with Gasteiger partial charge in [-0.1, -0.05) is 0 Å². The first kappa shape index (κ1) is 27.3. The number of aromatic nitrogens is 2. The summed E-state index contributed by atoms with van der Waals surface area (Å²) >= 11 is 1.36. The molecule has 38 heavy (non-hydrogen) atoms. The Hall–Kier alpha value is -3.72. The smallest absolute Gasteiger partial charge is 0.410 e. The van der Waals surface area contributed by atoms with Gasteiger partial charge in [-0.2, -0.15) is 5.26 Å². The standard InChI is InChI=1S/C26H34N8O3S/c1-15-14-33(24(36)37-25(2,3)4)11-12-34(15)23-30-10-8-17(31-23)20(28)32-22(35)26(5)9-6-7-18-19(26)16(13-27)21(29)38-18/h8,10,15H,6-7,9,11-12,14,29H2,1-5H3,(H2,28,32,35)/t15-,26-/m0/s1. The van der Waals surface area contributed by atoms with Crippen molar-refractivity contribution in [3.63, 3.8) is 0 Å². The average molecular weight is 539 g/mol. The van der Waals surface area contributed by atoms with Gasteiger partial charge >= 0.3 is 6.09 Å². The number of thiophene rings is 1. The van der Waals surface area contributed by atoms with Crippen molar-refractivity contribution in [3.8, 4) is 6.07 Å². The van der Waals surface area contributed by atoms with Gasteiger partial charge in [0.2, 0.25) is 11.9 Å². The van der Waals surface area contributed by atoms with Crippen molar-refractivity contribution < 1.29 is 14.3 Å². The maximum Gasteiger partial charge on any atom is 0.410 e. The van der Waals surface area contributed by atoms with Gasteiger partial charge in [-0.15, -0.1) is 11.3 Å². The maximum absolute atomic E-state index is 13.5. The van der Waals surface area contributed by atoms with Gasteiger partial charge in [0.1, 0.15) is 22.4 Å². The number of hydrogen-bond acceptors (Lipinski definition) is 10. The van der Waals surface area contributed by atoms with Gasteiger partial charge in [-0.05, 0) is 59.9 Å². The van der Waals surface area contributed by atoms with Crippen LogP contribution in [-0.2, 0) is 21.4 Å². The molecule has 2 atom stereocenters. The van der Waals surface area contributed by atoms with Gasteiger partial charge < -0.3 is 25.6 Å². The van der Waals surface area contributed by atoms with Gasteiger partial charge in [-0.25, -0.2) is 14.8 Å². The number of nitrogens with zero attached hydrogens (tertiary/aromatic N) is 5. The minimum atomic E-state index is -0.971. The number of nitrogen functional groups attached to an aromatic ring is 1. The summed E-state index contributed by atoms with van der Waals surface area (Å²) in [5.41, 5.74) is 5.84. The number of piperazine rings is 1. The molecule has 2 amide bonds. The highest BCUT2D eigenvalue weighted by Gasteiger charge is 2.43. The van der Waals surface area contributed by atoms with E-state index in [1.54, 1.807) is 24.1 Å². The lowest BCUT2D eigenvalue weighted by atomic mass is 9.72. The molecule has 0 saturated carbocycles.